The Morgan fingerprint density at radius 1 is 1.03 bits per heavy atom. The maximum absolute atomic E-state index is 13.9. The lowest BCUT2D eigenvalue weighted by atomic mass is 9.88. The van der Waals surface area contributed by atoms with Crippen LogP contribution in [0.4, 0.5) is 5.69 Å². The molecule has 1 amide bonds. The van der Waals surface area contributed by atoms with E-state index in [9.17, 15) is 13.2 Å². The van der Waals surface area contributed by atoms with Crippen LogP contribution in [0.2, 0.25) is 0 Å². The molecule has 2 aliphatic rings. The van der Waals surface area contributed by atoms with Gasteiger partial charge in [0, 0.05) is 63.3 Å². The summed E-state index contributed by atoms with van der Waals surface area (Å²) in [5.41, 5.74) is 4.83. The zero-order valence-electron chi connectivity index (χ0n) is 21.7. The summed E-state index contributed by atoms with van der Waals surface area (Å²) in [6.45, 7) is 10.4. The third-order valence-electron chi connectivity index (χ3n) is 7.58. The number of hydrogen-bond donors (Lipinski definition) is 0. The number of aryl methyl sites for hydroxylation is 4. The van der Waals surface area contributed by atoms with Crippen molar-refractivity contribution in [3.8, 4) is 0 Å². The highest BCUT2D eigenvalue weighted by Gasteiger charge is 2.46. The first-order valence-electron chi connectivity index (χ1n) is 12.6. The van der Waals surface area contributed by atoms with E-state index in [-0.39, 0.29) is 35.6 Å². The van der Waals surface area contributed by atoms with Crippen molar-refractivity contribution in [1.29, 1.82) is 0 Å². The Bertz CT molecular complexity index is 1380. The van der Waals surface area contributed by atoms with E-state index in [2.05, 4.69) is 47.1 Å². The van der Waals surface area contributed by atoms with Crippen molar-refractivity contribution >= 4 is 21.6 Å². The van der Waals surface area contributed by atoms with E-state index < -0.39 is 15.9 Å². The molecule has 37 heavy (non-hydrogen) atoms. The molecule has 5 rings (SSSR count). The van der Waals surface area contributed by atoms with Gasteiger partial charge in [0.05, 0.1) is 5.92 Å². The second-order valence-corrected chi connectivity index (χ2v) is 12.0. The van der Waals surface area contributed by atoms with Gasteiger partial charge in [-0.1, -0.05) is 23.4 Å². The predicted octanol–water partition coefficient (Wildman–Crippen LogP) is 3.06. The molecule has 4 heterocycles. The van der Waals surface area contributed by atoms with Crippen LogP contribution in [0.3, 0.4) is 0 Å². The maximum atomic E-state index is 13.9. The highest BCUT2D eigenvalue weighted by molar-refractivity contribution is 7.89. The number of rotatable bonds is 5. The standard InChI is InChI=1S/C27H33N5O4S/c1-18-7-8-19(2)25(14-18)30-10-12-31(13-11-30)27(33)24-17-32(16-23(24)22-6-5-9-28-15-22)37(34,35)26-20(3)29-36-21(26)4/h5-9,14-15,23-24H,10-13,16-17H2,1-4H3/t23?,24-/m1/s1. The Hall–Kier alpha value is -3.24. The average molecular weight is 524 g/mol. The number of benzene rings is 1. The molecule has 2 aromatic heterocycles. The fourth-order valence-corrected chi connectivity index (χ4v) is 7.36. The van der Waals surface area contributed by atoms with E-state index in [0.29, 0.717) is 18.8 Å². The molecule has 196 valence electrons. The van der Waals surface area contributed by atoms with Gasteiger partial charge in [0.15, 0.2) is 5.76 Å². The quantitative estimate of drug-likeness (QED) is 0.507. The van der Waals surface area contributed by atoms with Gasteiger partial charge in [-0.25, -0.2) is 8.42 Å². The first-order valence-corrected chi connectivity index (χ1v) is 14.0. The summed E-state index contributed by atoms with van der Waals surface area (Å²) in [5.74, 6) is -0.529. The predicted molar refractivity (Wildman–Crippen MR) is 140 cm³/mol. The minimum atomic E-state index is -3.87. The molecule has 0 aliphatic carbocycles. The van der Waals surface area contributed by atoms with E-state index in [1.807, 2.05) is 17.0 Å². The van der Waals surface area contributed by atoms with Gasteiger partial charge in [-0.15, -0.1) is 0 Å². The van der Waals surface area contributed by atoms with Crippen molar-refractivity contribution in [3.05, 3.63) is 70.9 Å². The molecule has 1 aromatic carbocycles. The number of amides is 1. The van der Waals surface area contributed by atoms with Crippen LogP contribution in [-0.4, -0.2) is 72.9 Å². The molecule has 0 bridgehead atoms. The smallest absolute Gasteiger partial charge is 0.248 e. The molecule has 10 heteroatoms. The van der Waals surface area contributed by atoms with E-state index >= 15 is 0 Å². The monoisotopic (exact) mass is 523 g/mol. The third kappa shape index (κ3) is 4.75. The van der Waals surface area contributed by atoms with Crippen LogP contribution in [0.25, 0.3) is 0 Å². The van der Waals surface area contributed by atoms with Gasteiger partial charge >= 0.3 is 0 Å². The highest BCUT2D eigenvalue weighted by atomic mass is 32.2. The molecule has 2 atom stereocenters. The van der Waals surface area contributed by atoms with Crippen LogP contribution in [0, 0.1) is 33.6 Å². The average Bonchev–Trinajstić information content (AvgIpc) is 3.50. The number of anilines is 1. The van der Waals surface area contributed by atoms with Crippen LogP contribution in [-0.2, 0) is 14.8 Å². The Balaban J connectivity index is 1.37. The van der Waals surface area contributed by atoms with E-state index in [4.69, 9.17) is 4.52 Å². The van der Waals surface area contributed by atoms with Crippen molar-refractivity contribution in [2.75, 3.05) is 44.2 Å². The maximum Gasteiger partial charge on any atom is 0.248 e. The third-order valence-corrected chi connectivity index (χ3v) is 9.66. The number of aromatic nitrogens is 2. The van der Waals surface area contributed by atoms with Crippen molar-refractivity contribution in [2.24, 2.45) is 5.92 Å². The summed E-state index contributed by atoms with van der Waals surface area (Å²) in [6, 6.07) is 10.2. The summed E-state index contributed by atoms with van der Waals surface area (Å²) in [7, 11) is -3.87. The van der Waals surface area contributed by atoms with E-state index in [0.717, 1.165) is 18.7 Å². The van der Waals surface area contributed by atoms with Gasteiger partial charge in [-0.3, -0.25) is 9.78 Å². The summed E-state index contributed by atoms with van der Waals surface area (Å²) >= 11 is 0. The van der Waals surface area contributed by atoms with E-state index in [1.54, 1.807) is 26.2 Å². The minimum Gasteiger partial charge on any atom is -0.368 e. The van der Waals surface area contributed by atoms with Crippen LogP contribution in [0.5, 0.6) is 0 Å². The number of carbonyl (C=O) groups excluding carboxylic acids is 1. The molecule has 2 aliphatic heterocycles. The number of pyridine rings is 1. The van der Waals surface area contributed by atoms with Gasteiger partial charge in [-0.05, 0) is 56.5 Å². The Morgan fingerprint density at radius 2 is 1.78 bits per heavy atom. The molecule has 3 aromatic rings. The highest BCUT2D eigenvalue weighted by Crippen LogP contribution is 2.38. The SMILES string of the molecule is Cc1ccc(C)c(N2CCN(C(=O)[C@@H]3CN(S(=O)(=O)c4c(C)noc4C)CC3c3cccnc3)CC2)c1. The number of hydrogen-bond acceptors (Lipinski definition) is 7. The summed E-state index contributed by atoms with van der Waals surface area (Å²) in [5, 5.41) is 3.83. The molecule has 0 radical (unpaired) electrons. The Morgan fingerprint density at radius 3 is 2.43 bits per heavy atom. The van der Waals surface area contributed by atoms with Crippen LogP contribution in [0.15, 0.2) is 52.1 Å². The molecule has 0 N–H and O–H groups in total. The number of nitrogens with zero attached hydrogens (tertiary/aromatic N) is 5. The lowest BCUT2D eigenvalue weighted by Gasteiger charge is -2.38. The van der Waals surface area contributed by atoms with Gasteiger partial charge < -0.3 is 14.3 Å². The topological polar surface area (TPSA) is 99.8 Å². The van der Waals surface area contributed by atoms with Crippen LogP contribution < -0.4 is 4.90 Å². The Labute approximate surface area is 218 Å². The second kappa shape index (κ2) is 9.90. The first-order chi connectivity index (χ1) is 17.7. The van der Waals surface area contributed by atoms with Crippen molar-refractivity contribution < 1.29 is 17.7 Å². The van der Waals surface area contributed by atoms with Crippen LogP contribution >= 0.6 is 0 Å². The fourth-order valence-electron chi connectivity index (χ4n) is 5.58. The summed E-state index contributed by atoms with van der Waals surface area (Å²) < 4.78 is 33.7. The molecule has 9 nitrogen and oxygen atoms in total. The van der Waals surface area contributed by atoms with Gasteiger partial charge in [0.1, 0.15) is 10.6 Å². The second-order valence-electron chi connectivity index (χ2n) is 10.1. The zero-order chi connectivity index (χ0) is 26.3. The molecule has 2 saturated heterocycles. The molecule has 1 unspecified atom stereocenters. The lowest BCUT2D eigenvalue weighted by molar-refractivity contribution is -0.135. The van der Waals surface area contributed by atoms with Crippen LogP contribution in [0.1, 0.15) is 34.1 Å². The first kappa shape index (κ1) is 25.4. The van der Waals surface area contributed by atoms with E-state index in [1.165, 1.54) is 21.1 Å². The Kier molecular flexibility index (Phi) is 6.80. The normalized spacial score (nSPS) is 21.0. The fraction of sp³-hybridized carbons (Fsp3) is 0.444. The van der Waals surface area contributed by atoms with Gasteiger partial charge in [0.25, 0.3) is 0 Å². The molecule has 0 saturated carbocycles. The minimum absolute atomic E-state index is 0.00840. The largest absolute Gasteiger partial charge is 0.368 e. The molecule has 2 fully saturated rings. The van der Waals surface area contributed by atoms with Crippen molar-refractivity contribution in [2.45, 2.75) is 38.5 Å². The van der Waals surface area contributed by atoms with Crippen molar-refractivity contribution in [1.82, 2.24) is 19.3 Å². The molecular formula is C27H33N5O4S. The van der Waals surface area contributed by atoms with Gasteiger partial charge in [-0.2, -0.15) is 4.31 Å². The zero-order valence-corrected chi connectivity index (χ0v) is 22.5. The number of sulfonamides is 1. The van der Waals surface area contributed by atoms with Gasteiger partial charge in [0.2, 0.25) is 15.9 Å². The summed E-state index contributed by atoms with van der Waals surface area (Å²) in [4.78, 5) is 22.4. The van der Waals surface area contributed by atoms with Crippen molar-refractivity contribution in [3.63, 3.8) is 0 Å². The molecular weight excluding hydrogens is 490 g/mol. The number of piperazine rings is 1. The number of carbonyl (C=O) groups is 1. The lowest BCUT2D eigenvalue weighted by Crippen LogP contribution is -2.51. The molecule has 0 spiro atoms. The summed E-state index contributed by atoms with van der Waals surface area (Å²) in [6.07, 6.45) is 3.41.